The Balaban J connectivity index is 1.20. The summed E-state index contributed by atoms with van der Waals surface area (Å²) < 4.78 is 5.80. The fourth-order valence-electron chi connectivity index (χ4n) is 6.93. The highest BCUT2D eigenvalue weighted by Gasteiger charge is 2.34. The fourth-order valence-corrected chi connectivity index (χ4v) is 6.93. The van der Waals surface area contributed by atoms with Crippen LogP contribution in [0.25, 0.3) is 0 Å². The number of benzene rings is 1. The number of rotatable bonds is 7. The molecule has 1 unspecified atom stereocenters. The molecule has 0 aliphatic heterocycles. The summed E-state index contributed by atoms with van der Waals surface area (Å²) in [4.78, 5) is 12.8. The van der Waals surface area contributed by atoms with Crippen molar-refractivity contribution in [3.05, 3.63) is 29.8 Å². The van der Waals surface area contributed by atoms with Crippen molar-refractivity contribution in [2.75, 3.05) is 7.05 Å². The molecule has 0 aromatic heterocycles. The molecule has 0 bridgehead atoms. The molecule has 0 radical (unpaired) electrons. The third kappa shape index (κ3) is 6.39. The molecule has 0 heterocycles. The third-order valence-electron chi connectivity index (χ3n) is 9.37. The average Bonchev–Trinajstić information content (AvgIpc) is 2.89. The number of nitrogens with two attached hydrogens (primary N) is 1. The van der Waals surface area contributed by atoms with Gasteiger partial charge in [-0.1, -0.05) is 19.1 Å². The first kappa shape index (κ1) is 24.7. The van der Waals surface area contributed by atoms with E-state index in [1.165, 1.54) is 69.8 Å². The lowest BCUT2D eigenvalue weighted by atomic mass is 9.68. The summed E-state index contributed by atoms with van der Waals surface area (Å²) in [5.41, 5.74) is 7.68. The fraction of sp³-hybridized carbons (Fsp3) is 0.759. The molecule has 1 atom stereocenters. The van der Waals surface area contributed by atoms with Crippen LogP contribution in [0.2, 0.25) is 0 Å². The number of hydrogen-bond donors (Lipinski definition) is 2. The Hall–Kier alpha value is -1.39. The smallest absolute Gasteiger partial charge is 0.314 e. The molecule has 0 amide bonds. The maximum atomic E-state index is 12.8. The van der Waals surface area contributed by atoms with Gasteiger partial charge in [-0.05, 0) is 132 Å². The molecular formula is C29H46N2O2. The molecular weight excluding hydrogens is 408 g/mol. The first-order chi connectivity index (χ1) is 16.1. The largest absolute Gasteiger partial charge is 0.426 e. The summed E-state index contributed by atoms with van der Waals surface area (Å²) >= 11 is 0. The molecule has 3 aliphatic rings. The van der Waals surface area contributed by atoms with Crippen molar-refractivity contribution < 1.29 is 9.53 Å². The number of carbonyl (C=O) groups excluding carboxylic acids is 1. The number of hydrogen-bond acceptors (Lipinski definition) is 4. The SMILES string of the molecule is CCC(N)C1CCC(C2CCC(C(=O)Oc3ccc(C4CCC(NC)CC4)cc3)CC2)CC1. The van der Waals surface area contributed by atoms with Gasteiger partial charge in [-0.3, -0.25) is 4.79 Å². The van der Waals surface area contributed by atoms with Crippen molar-refractivity contribution in [3.63, 3.8) is 0 Å². The topological polar surface area (TPSA) is 64.4 Å². The van der Waals surface area contributed by atoms with Gasteiger partial charge in [-0.2, -0.15) is 0 Å². The van der Waals surface area contributed by atoms with E-state index in [0.717, 1.165) is 37.0 Å². The minimum Gasteiger partial charge on any atom is -0.426 e. The zero-order valence-corrected chi connectivity index (χ0v) is 20.9. The Morgan fingerprint density at radius 1 is 0.909 bits per heavy atom. The highest BCUT2D eigenvalue weighted by molar-refractivity contribution is 5.75. The molecule has 3 aliphatic carbocycles. The second kappa shape index (κ2) is 11.8. The van der Waals surface area contributed by atoms with Crippen LogP contribution in [0.15, 0.2) is 24.3 Å². The van der Waals surface area contributed by atoms with Crippen LogP contribution in [0.4, 0.5) is 0 Å². The number of carbonyl (C=O) groups is 1. The van der Waals surface area contributed by atoms with E-state index in [9.17, 15) is 4.79 Å². The normalized spacial score (nSPS) is 33.9. The molecule has 1 aromatic carbocycles. The van der Waals surface area contributed by atoms with E-state index in [1.807, 2.05) is 12.1 Å². The molecule has 3 fully saturated rings. The summed E-state index contributed by atoms with van der Waals surface area (Å²) in [6.45, 7) is 2.21. The summed E-state index contributed by atoms with van der Waals surface area (Å²) in [6.07, 6.45) is 15.7. The van der Waals surface area contributed by atoms with Crippen LogP contribution in [-0.2, 0) is 4.79 Å². The van der Waals surface area contributed by atoms with Crippen LogP contribution in [0.1, 0.15) is 102 Å². The monoisotopic (exact) mass is 454 g/mol. The van der Waals surface area contributed by atoms with Crippen molar-refractivity contribution in [2.45, 2.75) is 108 Å². The van der Waals surface area contributed by atoms with Gasteiger partial charge in [-0.15, -0.1) is 0 Å². The maximum Gasteiger partial charge on any atom is 0.314 e. The Bertz CT molecular complexity index is 724. The van der Waals surface area contributed by atoms with E-state index in [0.29, 0.717) is 23.8 Å². The van der Waals surface area contributed by atoms with E-state index in [4.69, 9.17) is 10.5 Å². The van der Waals surface area contributed by atoms with Gasteiger partial charge in [0, 0.05) is 12.1 Å². The summed E-state index contributed by atoms with van der Waals surface area (Å²) in [5, 5.41) is 3.40. The standard InChI is InChI=1S/C29H46N2O2/c1-3-28(30)24-8-4-20(5-9-24)21-6-10-25(11-7-21)29(32)33-27-18-14-23(15-19-27)22-12-16-26(31-2)17-13-22/h14-15,18-22,24-26,28,31H,3-13,16-17,30H2,1-2H3. The van der Waals surface area contributed by atoms with Crippen LogP contribution in [0, 0.1) is 23.7 Å². The zero-order valence-electron chi connectivity index (χ0n) is 20.9. The van der Waals surface area contributed by atoms with Crippen molar-refractivity contribution >= 4 is 5.97 Å². The number of ether oxygens (including phenoxy) is 1. The summed E-state index contributed by atoms with van der Waals surface area (Å²) in [6, 6.07) is 9.41. The molecule has 0 spiro atoms. The molecule has 4 heteroatoms. The second-order valence-corrected chi connectivity index (χ2v) is 11.2. The third-order valence-corrected chi connectivity index (χ3v) is 9.37. The van der Waals surface area contributed by atoms with Crippen molar-refractivity contribution in [3.8, 4) is 5.75 Å². The van der Waals surface area contributed by atoms with Crippen molar-refractivity contribution in [1.29, 1.82) is 0 Å². The number of esters is 1. The molecule has 184 valence electrons. The van der Waals surface area contributed by atoms with E-state index in [2.05, 4.69) is 31.4 Å². The Kier molecular flexibility index (Phi) is 8.87. The lowest BCUT2D eigenvalue weighted by molar-refractivity contribution is -0.140. The Labute approximate surface area is 201 Å². The Morgan fingerprint density at radius 3 is 2.03 bits per heavy atom. The average molecular weight is 455 g/mol. The number of nitrogens with one attached hydrogen (secondary N) is 1. The molecule has 4 nitrogen and oxygen atoms in total. The van der Waals surface area contributed by atoms with Crippen LogP contribution < -0.4 is 15.8 Å². The van der Waals surface area contributed by atoms with Crippen LogP contribution in [-0.4, -0.2) is 25.1 Å². The predicted molar refractivity (Wildman–Crippen MR) is 135 cm³/mol. The highest BCUT2D eigenvalue weighted by Crippen LogP contribution is 2.42. The van der Waals surface area contributed by atoms with E-state index >= 15 is 0 Å². The summed E-state index contributed by atoms with van der Waals surface area (Å²) in [5.74, 6) is 3.77. The van der Waals surface area contributed by atoms with Gasteiger partial charge in [-0.25, -0.2) is 0 Å². The molecule has 0 saturated heterocycles. The van der Waals surface area contributed by atoms with Crippen molar-refractivity contribution in [1.82, 2.24) is 5.32 Å². The lowest BCUT2D eigenvalue weighted by Crippen LogP contribution is -2.35. The van der Waals surface area contributed by atoms with Gasteiger partial charge in [0.05, 0.1) is 5.92 Å². The zero-order chi connectivity index (χ0) is 23.2. The summed E-state index contributed by atoms with van der Waals surface area (Å²) in [7, 11) is 2.06. The van der Waals surface area contributed by atoms with Gasteiger partial charge in [0.15, 0.2) is 0 Å². The van der Waals surface area contributed by atoms with Gasteiger partial charge < -0.3 is 15.8 Å². The van der Waals surface area contributed by atoms with Gasteiger partial charge in [0.25, 0.3) is 0 Å². The molecule has 4 rings (SSSR count). The molecule has 33 heavy (non-hydrogen) atoms. The highest BCUT2D eigenvalue weighted by atomic mass is 16.5. The predicted octanol–water partition coefficient (Wildman–Crippen LogP) is 6.19. The van der Waals surface area contributed by atoms with Gasteiger partial charge in [0.2, 0.25) is 0 Å². The van der Waals surface area contributed by atoms with Crippen LogP contribution in [0.3, 0.4) is 0 Å². The van der Waals surface area contributed by atoms with Gasteiger partial charge in [0.1, 0.15) is 5.75 Å². The maximum absolute atomic E-state index is 12.8. The Morgan fingerprint density at radius 2 is 1.48 bits per heavy atom. The molecule has 1 aromatic rings. The van der Waals surface area contributed by atoms with E-state index in [-0.39, 0.29) is 11.9 Å². The van der Waals surface area contributed by atoms with Gasteiger partial charge >= 0.3 is 5.97 Å². The minimum atomic E-state index is -0.0200. The van der Waals surface area contributed by atoms with E-state index in [1.54, 1.807) is 0 Å². The van der Waals surface area contributed by atoms with Crippen LogP contribution >= 0.6 is 0 Å². The lowest BCUT2D eigenvalue weighted by Gasteiger charge is -2.38. The molecule has 3 N–H and O–H groups in total. The quantitative estimate of drug-likeness (QED) is 0.381. The van der Waals surface area contributed by atoms with Crippen LogP contribution in [0.5, 0.6) is 5.75 Å². The first-order valence-electron chi connectivity index (χ1n) is 13.8. The van der Waals surface area contributed by atoms with Crippen molar-refractivity contribution in [2.24, 2.45) is 29.4 Å². The second-order valence-electron chi connectivity index (χ2n) is 11.2. The van der Waals surface area contributed by atoms with E-state index < -0.39 is 0 Å². The first-order valence-corrected chi connectivity index (χ1v) is 13.8. The molecule has 3 saturated carbocycles. The minimum absolute atomic E-state index is 0.0200.